The Labute approximate surface area is 156 Å². The minimum absolute atomic E-state index is 0.0505. The van der Waals surface area contributed by atoms with Crippen LogP contribution in [0.5, 0.6) is 0 Å². The van der Waals surface area contributed by atoms with Crippen LogP contribution in [0.2, 0.25) is 0 Å². The van der Waals surface area contributed by atoms with Gasteiger partial charge in [0.25, 0.3) is 5.56 Å². The van der Waals surface area contributed by atoms with Gasteiger partial charge in [-0.1, -0.05) is 55.4 Å². The first kappa shape index (κ1) is 18.2. The molecule has 0 spiro atoms. The predicted octanol–water partition coefficient (Wildman–Crippen LogP) is 3.39. The molecule has 0 bridgehead atoms. The number of aromatic nitrogens is 2. The van der Waals surface area contributed by atoms with Gasteiger partial charge in [0, 0.05) is 6.54 Å². The molecule has 1 amide bonds. The summed E-state index contributed by atoms with van der Waals surface area (Å²) in [6.45, 7) is 2.75. The first-order valence-corrected chi connectivity index (χ1v) is 9.66. The number of unbranched alkanes of at least 4 members (excludes halogenated alkanes) is 1. The second kappa shape index (κ2) is 8.67. The van der Waals surface area contributed by atoms with Crippen LogP contribution in [0.15, 0.2) is 64.5 Å². The second-order valence-corrected chi connectivity index (χ2v) is 6.82. The average Bonchev–Trinajstić information content (AvgIpc) is 2.67. The fourth-order valence-electron chi connectivity index (χ4n) is 2.60. The van der Waals surface area contributed by atoms with E-state index in [1.54, 1.807) is 10.6 Å². The molecule has 6 heteroatoms. The van der Waals surface area contributed by atoms with E-state index >= 15 is 0 Å². The maximum absolute atomic E-state index is 13.0. The Kier molecular flexibility index (Phi) is 6.07. The summed E-state index contributed by atoms with van der Waals surface area (Å²) in [6, 6.07) is 16.7. The van der Waals surface area contributed by atoms with Crippen molar-refractivity contribution in [3.63, 3.8) is 0 Å². The zero-order valence-electron chi connectivity index (χ0n) is 14.6. The van der Waals surface area contributed by atoms with E-state index in [-0.39, 0.29) is 17.2 Å². The summed E-state index contributed by atoms with van der Waals surface area (Å²) in [7, 11) is 0. The number of nitrogens with zero attached hydrogens (tertiary/aromatic N) is 2. The van der Waals surface area contributed by atoms with Crippen LogP contribution >= 0.6 is 11.8 Å². The number of amides is 1. The summed E-state index contributed by atoms with van der Waals surface area (Å²) in [6.07, 6.45) is 1.99. The number of carbonyl (C=O) groups is 1. The van der Waals surface area contributed by atoms with Crippen molar-refractivity contribution in [3.8, 4) is 5.69 Å². The van der Waals surface area contributed by atoms with E-state index < -0.39 is 0 Å². The highest BCUT2D eigenvalue weighted by Crippen LogP contribution is 2.21. The third-order valence-electron chi connectivity index (χ3n) is 3.94. The molecular formula is C20H21N3O2S. The third-order valence-corrected chi connectivity index (χ3v) is 4.88. The molecule has 5 nitrogen and oxygen atoms in total. The molecule has 1 heterocycles. The van der Waals surface area contributed by atoms with Gasteiger partial charge in [0.2, 0.25) is 5.91 Å². The van der Waals surface area contributed by atoms with Crippen LogP contribution in [-0.2, 0) is 4.79 Å². The van der Waals surface area contributed by atoms with Gasteiger partial charge in [0.15, 0.2) is 5.16 Å². The standard InChI is InChI=1S/C20H21N3O2S/c1-2-3-13-21-18(24)14-26-20-22-17-12-8-7-11-16(17)19(25)23(20)15-9-5-4-6-10-15/h4-12H,2-3,13-14H2,1H3,(H,21,24). The summed E-state index contributed by atoms with van der Waals surface area (Å²) >= 11 is 1.28. The number of nitrogens with one attached hydrogen (secondary N) is 1. The van der Waals surface area contributed by atoms with Gasteiger partial charge in [-0.2, -0.15) is 0 Å². The topological polar surface area (TPSA) is 64.0 Å². The van der Waals surface area contributed by atoms with Gasteiger partial charge in [-0.25, -0.2) is 4.98 Å². The van der Waals surface area contributed by atoms with Gasteiger partial charge in [-0.05, 0) is 30.7 Å². The first-order valence-electron chi connectivity index (χ1n) is 8.67. The normalized spacial score (nSPS) is 10.8. The largest absolute Gasteiger partial charge is 0.355 e. The lowest BCUT2D eigenvalue weighted by atomic mass is 10.2. The Balaban J connectivity index is 1.95. The molecule has 3 rings (SSSR count). The van der Waals surface area contributed by atoms with E-state index in [4.69, 9.17) is 0 Å². The van der Waals surface area contributed by atoms with Crippen molar-refractivity contribution >= 4 is 28.6 Å². The number of benzene rings is 2. The molecule has 0 saturated carbocycles. The van der Waals surface area contributed by atoms with E-state index in [0.29, 0.717) is 22.6 Å². The highest BCUT2D eigenvalue weighted by atomic mass is 32.2. The second-order valence-electron chi connectivity index (χ2n) is 5.88. The molecular weight excluding hydrogens is 346 g/mol. The van der Waals surface area contributed by atoms with Crippen molar-refractivity contribution in [3.05, 3.63) is 65.0 Å². The highest BCUT2D eigenvalue weighted by molar-refractivity contribution is 7.99. The number of hydrogen-bond donors (Lipinski definition) is 1. The Bertz CT molecular complexity index is 954. The molecule has 0 aliphatic rings. The summed E-state index contributed by atoms with van der Waals surface area (Å²) < 4.78 is 1.58. The zero-order valence-corrected chi connectivity index (χ0v) is 15.5. The van der Waals surface area contributed by atoms with Crippen molar-refractivity contribution in [1.29, 1.82) is 0 Å². The van der Waals surface area contributed by atoms with Crippen LogP contribution < -0.4 is 10.9 Å². The number of para-hydroxylation sites is 2. The van der Waals surface area contributed by atoms with Gasteiger partial charge in [-0.15, -0.1) is 0 Å². The number of fused-ring (bicyclic) bond motifs is 1. The predicted molar refractivity (Wildman–Crippen MR) is 106 cm³/mol. The molecule has 1 aromatic heterocycles. The van der Waals surface area contributed by atoms with Crippen LogP contribution in [-0.4, -0.2) is 27.8 Å². The van der Waals surface area contributed by atoms with E-state index in [2.05, 4.69) is 17.2 Å². The average molecular weight is 367 g/mol. The molecule has 0 fully saturated rings. The minimum Gasteiger partial charge on any atom is -0.355 e. The summed E-state index contributed by atoms with van der Waals surface area (Å²) in [5.74, 6) is 0.173. The number of thioether (sulfide) groups is 1. The van der Waals surface area contributed by atoms with E-state index in [9.17, 15) is 9.59 Å². The summed E-state index contributed by atoms with van der Waals surface area (Å²) in [5, 5.41) is 3.97. The summed E-state index contributed by atoms with van der Waals surface area (Å²) in [4.78, 5) is 29.7. The molecule has 26 heavy (non-hydrogen) atoms. The van der Waals surface area contributed by atoms with Crippen LogP contribution in [0.25, 0.3) is 16.6 Å². The Morgan fingerprint density at radius 3 is 2.62 bits per heavy atom. The highest BCUT2D eigenvalue weighted by Gasteiger charge is 2.14. The molecule has 134 valence electrons. The molecule has 1 N–H and O–H groups in total. The van der Waals surface area contributed by atoms with Gasteiger partial charge >= 0.3 is 0 Å². The first-order chi connectivity index (χ1) is 12.7. The van der Waals surface area contributed by atoms with Crippen LogP contribution in [0, 0.1) is 0 Å². The minimum atomic E-state index is -0.129. The summed E-state index contributed by atoms with van der Waals surface area (Å²) in [5.41, 5.74) is 1.25. The number of hydrogen-bond acceptors (Lipinski definition) is 4. The monoisotopic (exact) mass is 367 g/mol. The fraction of sp³-hybridized carbons (Fsp3) is 0.250. The zero-order chi connectivity index (χ0) is 18.4. The molecule has 0 saturated heterocycles. The van der Waals surface area contributed by atoms with Crippen molar-refractivity contribution in [2.24, 2.45) is 0 Å². The maximum atomic E-state index is 13.0. The SMILES string of the molecule is CCCCNC(=O)CSc1nc2ccccc2c(=O)n1-c1ccccc1. The number of rotatable bonds is 7. The van der Waals surface area contributed by atoms with Crippen molar-refractivity contribution in [2.75, 3.05) is 12.3 Å². The molecule has 0 aliphatic carbocycles. The molecule has 2 aromatic carbocycles. The smallest absolute Gasteiger partial charge is 0.266 e. The van der Waals surface area contributed by atoms with Gasteiger partial charge in [0.05, 0.1) is 22.3 Å². The molecule has 3 aromatic rings. The third kappa shape index (κ3) is 4.14. The fourth-order valence-corrected chi connectivity index (χ4v) is 3.44. The van der Waals surface area contributed by atoms with Gasteiger partial charge in [-0.3, -0.25) is 14.2 Å². The van der Waals surface area contributed by atoms with Crippen LogP contribution in [0.4, 0.5) is 0 Å². The molecule has 0 aliphatic heterocycles. The molecule has 0 atom stereocenters. The Morgan fingerprint density at radius 2 is 1.85 bits per heavy atom. The quantitative estimate of drug-likeness (QED) is 0.395. The molecule has 0 radical (unpaired) electrons. The van der Waals surface area contributed by atoms with Gasteiger partial charge in [0.1, 0.15) is 0 Å². The molecule has 0 unspecified atom stereocenters. The lowest BCUT2D eigenvalue weighted by Crippen LogP contribution is -2.27. The van der Waals surface area contributed by atoms with Crippen molar-refractivity contribution < 1.29 is 4.79 Å². The lowest BCUT2D eigenvalue weighted by molar-refractivity contribution is -0.118. The van der Waals surface area contributed by atoms with Gasteiger partial charge < -0.3 is 5.32 Å². The van der Waals surface area contributed by atoms with E-state index in [1.165, 1.54) is 11.8 Å². The van der Waals surface area contributed by atoms with E-state index in [1.807, 2.05) is 48.5 Å². The van der Waals surface area contributed by atoms with Crippen molar-refractivity contribution in [2.45, 2.75) is 24.9 Å². The lowest BCUT2D eigenvalue weighted by Gasteiger charge is -2.13. The van der Waals surface area contributed by atoms with Crippen LogP contribution in [0.3, 0.4) is 0 Å². The maximum Gasteiger partial charge on any atom is 0.266 e. The Morgan fingerprint density at radius 1 is 1.12 bits per heavy atom. The van der Waals surface area contributed by atoms with Crippen molar-refractivity contribution in [1.82, 2.24) is 14.9 Å². The number of carbonyl (C=O) groups excluding carboxylic acids is 1. The van der Waals surface area contributed by atoms with Crippen LogP contribution in [0.1, 0.15) is 19.8 Å². The van der Waals surface area contributed by atoms with E-state index in [0.717, 1.165) is 18.5 Å². The Hall–Kier alpha value is -2.60.